The molecule has 1 aromatic rings. The molecule has 1 aliphatic rings. The van der Waals surface area contributed by atoms with Crippen LogP contribution in [0.4, 0.5) is 4.39 Å². The van der Waals surface area contributed by atoms with Crippen molar-refractivity contribution >= 4 is 11.8 Å². The summed E-state index contributed by atoms with van der Waals surface area (Å²) in [5, 5.41) is 5.68. The number of hydrogen-bond acceptors (Lipinski definition) is 3. The first kappa shape index (κ1) is 18.4. The van der Waals surface area contributed by atoms with Crippen molar-refractivity contribution in [3.05, 3.63) is 35.6 Å². The van der Waals surface area contributed by atoms with E-state index < -0.39 is 6.04 Å². The second-order valence-corrected chi connectivity index (χ2v) is 6.63. The lowest BCUT2D eigenvalue weighted by molar-refractivity contribution is -0.134. The summed E-state index contributed by atoms with van der Waals surface area (Å²) in [7, 11) is 0. The molecule has 1 aliphatic heterocycles. The molecule has 0 radical (unpaired) electrons. The van der Waals surface area contributed by atoms with Crippen LogP contribution in [0.25, 0.3) is 0 Å². The number of piperazine rings is 1. The Morgan fingerprint density at radius 1 is 1.38 bits per heavy atom. The smallest absolute Gasteiger partial charge is 0.237 e. The van der Waals surface area contributed by atoms with Crippen LogP contribution in [-0.4, -0.2) is 48.9 Å². The van der Waals surface area contributed by atoms with Crippen molar-refractivity contribution in [3.63, 3.8) is 0 Å². The van der Waals surface area contributed by atoms with E-state index in [-0.39, 0.29) is 24.1 Å². The van der Waals surface area contributed by atoms with Crippen LogP contribution in [0.1, 0.15) is 25.8 Å². The molecule has 0 aromatic heterocycles. The number of carbonyl (C=O) groups excluding carboxylic acids is 2. The van der Waals surface area contributed by atoms with E-state index in [2.05, 4.69) is 29.4 Å². The highest BCUT2D eigenvalue weighted by Gasteiger charge is 2.31. The van der Waals surface area contributed by atoms with E-state index in [1.165, 1.54) is 12.1 Å². The Kier molecular flexibility index (Phi) is 6.73. The molecule has 0 aliphatic carbocycles. The van der Waals surface area contributed by atoms with Crippen LogP contribution < -0.4 is 10.6 Å². The number of benzene rings is 1. The topological polar surface area (TPSA) is 61.4 Å². The summed E-state index contributed by atoms with van der Waals surface area (Å²) in [6, 6.07) is 5.84. The third kappa shape index (κ3) is 5.60. The first-order valence-electron chi connectivity index (χ1n) is 8.48. The van der Waals surface area contributed by atoms with E-state index in [9.17, 15) is 14.0 Å². The van der Waals surface area contributed by atoms with Crippen LogP contribution in [0.3, 0.4) is 0 Å². The molecule has 0 saturated carbocycles. The van der Waals surface area contributed by atoms with Gasteiger partial charge in [0.2, 0.25) is 11.8 Å². The Bertz CT molecular complexity index is 560. The Morgan fingerprint density at radius 2 is 2.08 bits per heavy atom. The van der Waals surface area contributed by atoms with Crippen LogP contribution in [0.15, 0.2) is 24.3 Å². The molecule has 132 valence electrons. The summed E-state index contributed by atoms with van der Waals surface area (Å²) in [5.41, 5.74) is 0.966. The fourth-order valence-corrected chi connectivity index (χ4v) is 2.92. The quantitative estimate of drug-likeness (QED) is 0.790. The maximum absolute atomic E-state index is 12.8. The first-order valence-corrected chi connectivity index (χ1v) is 8.48. The van der Waals surface area contributed by atoms with Crippen molar-refractivity contribution in [2.75, 3.05) is 26.2 Å². The number of hydrogen-bond donors (Lipinski definition) is 2. The average Bonchev–Trinajstić information content (AvgIpc) is 2.52. The molecule has 6 heteroatoms. The van der Waals surface area contributed by atoms with Gasteiger partial charge in [-0.05, 0) is 30.0 Å². The number of halogens is 1. The standard InChI is InChI=1S/C18H26FN3O2/c1-13(2)12-22-10-9-21-18(24)16(22)11-17(23)20-8-7-14-3-5-15(19)6-4-14/h3-6,13,16H,7-12H2,1-2H3,(H,20,23)(H,21,24). The van der Waals surface area contributed by atoms with E-state index in [0.717, 1.165) is 18.7 Å². The minimum atomic E-state index is -0.396. The van der Waals surface area contributed by atoms with Crippen LogP contribution >= 0.6 is 0 Å². The molecule has 1 saturated heterocycles. The van der Waals surface area contributed by atoms with Crippen LogP contribution in [0.2, 0.25) is 0 Å². The Hall–Kier alpha value is -1.95. The van der Waals surface area contributed by atoms with Gasteiger partial charge in [0.05, 0.1) is 12.5 Å². The molecule has 1 unspecified atom stereocenters. The third-order valence-corrected chi connectivity index (χ3v) is 4.07. The van der Waals surface area contributed by atoms with Crippen molar-refractivity contribution in [1.82, 2.24) is 15.5 Å². The highest BCUT2D eigenvalue weighted by atomic mass is 19.1. The first-order chi connectivity index (χ1) is 11.5. The van der Waals surface area contributed by atoms with Gasteiger partial charge in [-0.25, -0.2) is 4.39 Å². The van der Waals surface area contributed by atoms with Gasteiger partial charge in [-0.3, -0.25) is 14.5 Å². The molecule has 1 aromatic carbocycles. The molecule has 1 fully saturated rings. The normalized spacial score (nSPS) is 18.5. The maximum atomic E-state index is 12.8. The van der Waals surface area contributed by atoms with Crippen molar-refractivity contribution < 1.29 is 14.0 Å². The summed E-state index contributed by atoms with van der Waals surface area (Å²) in [4.78, 5) is 26.3. The molecule has 5 nitrogen and oxygen atoms in total. The average molecular weight is 335 g/mol. The fourth-order valence-electron chi connectivity index (χ4n) is 2.92. The lowest BCUT2D eigenvalue weighted by Crippen LogP contribution is -2.57. The van der Waals surface area contributed by atoms with E-state index in [1.807, 2.05) is 0 Å². The molecular weight excluding hydrogens is 309 g/mol. The highest BCUT2D eigenvalue weighted by Crippen LogP contribution is 2.11. The van der Waals surface area contributed by atoms with Crippen molar-refractivity contribution in [2.24, 2.45) is 5.92 Å². The minimum Gasteiger partial charge on any atom is -0.356 e. The lowest BCUT2D eigenvalue weighted by Gasteiger charge is -2.35. The Morgan fingerprint density at radius 3 is 2.75 bits per heavy atom. The van der Waals surface area contributed by atoms with E-state index in [4.69, 9.17) is 0 Å². The van der Waals surface area contributed by atoms with Crippen LogP contribution in [-0.2, 0) is 16.0 Å². The van der Waals surface area contributed by atoms with Crippen molar-refractivity contribution in [3.8, 4) is 0 Å². The summed E-state index contributed by atoms with van der Waals surface area (Å²) in [5.74, 6) is -0.0280. The molecule has 2 amide bonds. The van der Waals surface area contributed by atoms with E-state index in [0.29, 0.717) is 25.4 Å². The van der Waals surface area contributed by atoms with Gasteiger partial charge in [0, 0.05) is 26.2 Å². The zero-order valence-corrected chi connectivity index (χ0v) is 14.3. The zero-order chi connectivity index (χ0) is 17.5. The fraction of sp³-hybridized carbons (Fsp3) is 0.556. The molecule has 1 atom stereocenters. The van der Waals surface area contributed by atoms with E-state index in [1.54, 1.807) is 12.1 Å². The van der Waals surface area contributed by atoms with Gasteiger partial charge in [0.1, 0.15) is 5.82 Å². The molecule has 1 heterocycles. The lowest BCUT2D eigenvalue weighted by atomic mass is 10.1. The van der Waals surface area contributed by atoms with Gasteiger partial charge >= 0.3 is 0 Å². The molecule has 0 spiro atoms. The summed E-state index contributed by atoms with van der Waals surface area (Å²) in [6.07, 6.45) is 0.806. The summed E-state index contributed by atoms with van der Waals surface area (Å²) < 4.78 is 12.8. The largest absolute Gasteiger partial charge is 0.356 e. The molecule has 0 bridgehead atoms. The molecule has 2 rings (SSSR count). The van der Waals surface area contributed by atoms with Crippen LogP contribution in [0, 0.1) is 11.7 Å². The summed E-state index contributed by atoms with van der Waals surface area (Å²) in [6.45, 7) is 6.90. The van der Waals surface area contributed by atoms with E-state index >= 15 is 0 Å². The highest BCUT2D eigenvalue weighted by molar-refractivity contribution is 5.88. The number of amides is 2. The van der Waals surface area contributed by atoms with Gasteiger partial charge in [-0.15, -0.1) is 0 Å². The Labute approximate surface area is 142 Å². The third-order valence-electron chi connectivity index (χ3n) is 4.07. The van der Waals surface area contributed by atoms with Gasteiger partial charge in [-0.2, -0.15) is 0 Å². The van der Waals surface area contributed by atoms with Gasteiger partial charge in [0.25, 0.3) is 0 Å². The molecule has 2 N–H and O–H groups in total. The van der Waals surface area contributed by atoms with Crippen molar-refractivity contribution in [1.29, 1.82) is 0 Å². The number of rotatable bonds is 7. The Balaban J connectivity index is 1.80. The molecule has 24 heavy (non-hydrogen) atoms. The predicted molar refractivity (Wildman–Crippen MR) is 90.9 cm³/mol. The minimum absolute atomic E-state index is 0.0735. The zero-order valence-electron chi connectivity index (χ0n) is 14.3. The second kappa shape index (κ2) is 8.78. The van der Waals surface area contributed by atoms with Crippen LogP contribution in [0.5, 0.6) is 0 Å². The van der Waals surface area contributed by atoms with Crippen molar-refractivity contribution in [2.45, 2.75) is 32.7 Å². The van der Waals surface area contributed by atoms with Gasteiger partial charge < -0.3 is 10.6 Å². The number of nitrogens with one attached hydrogen (secondary N) is 2. The second-order valence-electron chi connectivity index (χ2n) is 6.63. The SMILES string of the molecule is CC(C)CN1CCNC(=O)C1CC(=O)NCCc1ccc(F)cc1. The molecular formula is C18H26FN3O2. The van der Waals surface area contributed by atoms with Gasteiger partial charge in [0.15, 0.2) is 0 Å². The maximum Gasteiger partial charge on any atom is 0.237 e. The summed E-state index contributed by atoms with van der Waals surface area (Å²) >= 11 is 0. The monoisotopic (exact) mass is 335 g/mol. The number of carbonyl (C=O) groups is 2. The predicted octanol–water partition coefficient (Wildman–Crippen LogP) is 1.33. The number of nitrogens with zero attached hydrogens (tertiary/aromatic N) is 1. The van der Waals surface area contributed by atoms with Gasteiger partial charge in [-0.1, -0.05) is 26.0 Å².